The zero-order valence-corrected chi connectivity index (χ0v) is 9.59. The molecular weight excluding hydrogens is 216 g/mol. The van der Waals surface area contributed by atoms with Crippen molar-refractivity contribution in [2.24, 2.45) is 0 Å². The zero-order valence-electron chi connectivity index (χ0n) is 9.59. The number of nitrogens with two attached hydrogens (primary N) is 1. The van der Waals surface area contributed by atoms with Gasteiger partial charge < -0.3 is 11.1 Å². The van der Waals surface area contributed by atoms with E-state index in [0.29, 0.717) is 12.4 Å². The molecule has 0 spiro atoms. The highest BCUT2D eigenvalue weighted by Crippen LogP contribution is 2.17. The first kappa shape index (κ1) is 11.3. The Kier molecular flexibility index (Phi) is 3.44. The molecule has 2 aromatic rings. The van der Waals surface area contributed by atoms with Crippen LogP contribution in [0.25, 0.3) is 0 Å². The van der Waals surface area contributed by atoms with Gasteiger partial charge in [-0.05, 0) is 18.6 Å². The number of nitrogens with one attached hydrogen (secondary N) is 1. The third-order valence-corrected chi connectivity index (χ3v) is 2.40. The summed E-state index contributed by atoms with van der Waals surface area (Å²) in [5.41, 5.74) is 7.56. The van der Waals surface area contributed by atoms with Gasteiger partial charge in [-0.3, -0.25) is 0 Å². The third kappa shape index (κ3) is 2.66. The average Bonchev–Trinajstić information content (AvgIpc) is 2.37. The van der Waals surface area contributed by atoms with Crippen LogP contribution < -0.4 is 11.1 Å². The van der Waals surface area contributed by atoms with Gasteiger partial charge in [0.25, 0.3) is 0 Å². The molecule has 2 aromatic heterocycles. The molecule has 0 atom stereocenters. The van der Waals surface area contributed by atoms with Crippen LogP contribution in [0.5, 0.6) is 0 Å². The van der Waals surface area contributed by atoms with Crippen LogP contribution >= 0.6 is 0 Å². The van der Waals surface area contributed by atoms with Crippen molar-refractivity contribution in [2.45, 2.75) is 19.9 Å². The highest BCUT2D eigenvalue weighted by Gasteiger charge is 2.06. The summed E-state index contributed by atoms with van der Waals surface area (Å²) in [4.78, 5) is 8.14. The summed E-state index contributed by atoms with van der Waals surface area (Å²) in [5.74, 6) is 1.27. The molecule has 0 radical (unpaired) electrons. The maximum Gasteiger partial charge on any atom is 0.135 e. The second kappa shape index (κ2) is 5.20. The summed E-state index contributed by atoms with van der Waals surface area (Å²) in [6, 6.07) is 3.75. The molecule has 0 saturated carbocycles. The first-order valence-electron chi connectivity index (χ1n) is 5.41. The van der Waals surface area contributed by atoms with Gasteiger partial charge in [0.1, 0.15) is 18.0 Å². The second-order valence-electron chi connectivity index (χ2n) is 3.51. The van der Waals surface area contributed by atoms with Gasteiger partial charge in [-0.25, -0.2) is 9.97 Å². The molecule has 6 heteroatoms. The second-order valence-corrected chi connectivity index (χ2v) is 3.51. The lowest BCUT2D eigenvalue weighted by molar-refractivity contribution is 0.914. The molecule has 0 unspecified atom stereocenters. The minimum atomic E-state index is 0.518. The Hall–Kier alpha value is -2.24. The maximum atomic E-state index is 5.78. The van der Waals surface area contributed by atoms with E-state index in [9.17, 15) is 0 Å². The van der Waals surface area contributed by atoms with Crippen molar-refractivity contribution < 1.29 is 0 Å². The number of anilines is 2. The number of nitrogen functional groups attached to an aromatic ring is 1. The van der Waals surface area contributed by atoms with Crippen LogP contribution in [0.3, 0.4) is 0 Å². The van der Waals surface area contributed by atoms with Crippen molar-refractivity contribution in [3.63, 3.8) is 0 Å². The van der Waals surface area contributed by atoms with E-state index in [0.717, 1.165) is 23.5 Å². The fraction of sp³-hybridized carbons (Fsp3) is 0.273. The summed E-state index contributed by atoms with van der Waals surface area (Å²) in [5, 5.41) is 11.0. The molecule has 17 heavy (non-hydrogen) atoms. The normalized spacial score (nSPS) is 10.2. The summed E-state index contributed by atoms with van der Waals surface area (Å²) in [6.07, 6.45) is 3.88. The van der Waals surface area contributed by atoms with Crippen LogP contribution in [0.15, 0.2) is 24.7 Å². The first-order chi connectivity index (χ1) is 8.31. The zero-order chi connectivity index (χ0) is 12.1. The molecule has 2 rings (SSSR count). The molecule has 0 amide bonds. The van der Waals surface area contributed by atoms with E-state index in [2.05, 4.69) is 25.5 Å². The minimum Gasteiger partial charge on any atom is -0.383 e. The lowest BCUT2D eigenvalue weighted by Gasteiger charge is -2.10. The van der Waals surface area contributed by atoms with E-state index >= 15 is 0 Å². The summed E-state index contributed by atoms with van der Waals surface area (Å²) in [7, 11) is 0. The van der Waals surface area contributed by atoms with Gasteiger partial charge in [-0.1, -0.05) is 6.92 Å². The van der Waals surface area contributed by atoms with Crippen molar-refractivity contribution in [2.75, 3.05) is 11.1 Å². The Bertz CT molecular complexity index is 485. The van der Waals surface area contributed by atoms with Crippen molar-refractivity contribution in [3.8, 4) is 0 Å². The number of hydrogen-bond donors (Lipinski definition) is 2. The van der Waals surface area contributed by atoms with Crippen LogP contribution in [0.2, 0.25) is 0 Å². The van der Waals surface area contributed by atoms with Gasteiger partial charge in [0.2, 0.25) is 0 Å². The topological polar surface area (TPSA) is 89.6 Å². The third-order valence-electron chi connectivity index (χ3n) is 2.40. The van der Waals surface area contributed by atoms with Gasteiger partial charge >= 0.3 is 0 Å². The molecule has 0 saturated heterocycles. The standard InChI is InChI=1S/C11H14N6/c1-2-9-10(12)14-7-15-11(9)13-6-8-4-3-5-16-17-8/h3-5,7H,2,6H2,1H3,(H3,12,13,14,15). The van der Waals surface area contributed by atoms with E-state index in [4.69, 9.17) is 5.73 Å². The lowest BCUT2D eigenvalue weighted by atomic mass is 10.2. The Morgan fingerprint density at radius 3 is 2.94 bits per heavy atom. The average molecular weight is 230 g/mol. The Labute approximate surface area is 99.3 Å². The van der Waals surface area contributed by atoms with Crippen molar-refractivity contribution in [1.82, 2.24) is 20.2 Å². The first-order valence-corrected chi connectivity index (χ1v) is 5.41. The molecule has 6 nitrogen and oxygen atoms in total. The van der Waals surface area contributed by atoms with Crippen LogP contribution in [-0.2, 0) is 13.0 Å². The van der Waals surface area contributed by atoms with Crippen molar-refractivity contribution in [1.29, 1.82) is 0 Å². The fourth-order valence-corrected chi connectivity index (χ4v) is 1.53. The molecule has 0 bridgehead atoms. The quantitative estimate of drug-likeness (QED) is 0.815. The maximum absolute atomic E-state index is 5.78. The molecule has 3 N–H and O–H groups in total. The van der Waals surface area contributed by atoms with Gasteiger partial charge in [0, 0.05) is 11.8 Å². The van der Waals surface area contributed by atoms with E-state index in [1.165, 1.54) is 6.33 Å². The predicted octanol–water partition coefficient (Wildman–Crippen LogP) is 1.02. The smallest absolute Gasteiger partial charge is 0.135 e. The molecule has 2 heterocycles. The molecule has 88 valence electrons. The predicted molar refractivity (Wildman–Crippen MR) is 65.2 cm³/mol. The monoisotopic (exact) mass is 230 g/mol. The number of aromatic nitrogens is 4. The molecule has 0 aliphatic rings. The van der Waals surface area contributed by atoms with Gasteiger partial charge in [-0.15, -0.1) is 0 Å². The SMILES string of the molecule is CCc1c(N)ncnc1NCc1cccnn1. The summed E-state index contributed by atoms with van der Waals surface area (Å²) < 4.78 is 0. The lowest BCUT2D eigenvalue weighted by Crippen LogP contribution is -2.08. The Balaban J connectivity index is 2.12. The van der Waals surface area contributed by atoms with E-state index in [1.807, 2.05) is 19.1 Å². The number of nitrogens with zero attached hydrogens (tertiary/aromatic N) is 4. The van der Waals surface area contributed by atoms with Gasteiger partial charge in [0.05, 0.1) is 12.2 Å². The largest absolute Gasteiger partial charge is 0.383 e. The van der Waals surface area contributed by atoms with Crippen LogP contribution in [0.1, 0.15) is 18.2 Å². The molecule has 0 fully saturated rings. The molecule has 0 aliphatic heterocycles. The molecular formula is C11H14N6. The van der Waals surface area contributed by atoms with Crippen molar-refractivity contribution in [3.05, 3.63) is 35.9 Å². The van der Waals surface area contributed by atoms with Gasteiger partial charge in [0.15, 0.2) is 0 Å². The van der Waals surface area contributed by atoms with Gasteiger partial charge in [-0.2, -0.15) is 10.2 Å². The van der Waals surface area contributed by atoms with Crippen molar-refractivity contribution >= 4 is 11.6 Å². The van der Waals surface area contributed by atoms with E-state index < -0.39 is 0 Å². The summed E-state index contributed by atoms with van der Waals surface area (Å²) >= 11 is 0. The fourth-order valence-electron chi connectivity index (χ4n) is 1.53. The molecule has 0 aromatic carbocycles. The van der Waals surface area contributed by atoms with Crippen LogP contribution in [-0.4, -0.2) is 20.2 Å². The number of hydrogen-bond acceptors (Lipinski definition) is 6. The number of rotatable bonds is 4. The highest BCUT2D eigenvalue weighted by molar-refractivity contribution is 5.54. The highest BCUT2D eigenvalue weighted by atomic mass is 15.1. The Morgan fingerprint density at radius 2 is 2.24 bits per heavy atom. The van der Waals surface area contributed by atoms with E-state index in [-0.39, 0.29) is 0 Å². The minimum absolute atomic E-state index is 0.518. The molecule has 0 aliphatic carbocycles. The van der Waals surface area contributed by atoms with Crippen LogP contribution in [0.4, 0.5) is 11.6 Å². The summed E-state index contributed by atoms with van der Waals surface area (Å²) in [6.45, 7) is 2.58. The van der Waals surface area contributed by atoms with Crippen LogP contribution in [0, 0.1) is 0 Å². The Morgan fingerprint density at radius 1 is 1.35 bits per heavy atom. The van der Waals surface area contributed by atoms with E-state index in [1.54, 1.807) is 6.20 Å².